The van der Waals surface area contributed by atoms with E-state index in [2.05, 4.69) is 13.8 Å². The normalized spacial score (nSPS) is 24.6. The van der Waals surface area contributed by atoms with Gasteiger partial charge in [-0.3, -0.25) is 4.79 Å². The van der Waals surface area contributed by atoms with Crippen LogP contribution in [0.2, 0.25) is 0 Å². The van der Waals surface area contributed by atoms with E-state index in [4.69, 9.17) is 15.2 Å². The minimum atomic E-state index is -0.0417. The third-order valence-corrected chi connectivity index (χ3v) is 5.17. The van der Waals surface area contributed by atoms with E-state index in [0.29, 0.717) is 12.1 Å². The molecule has 2 N–H and O–H groups in total. The van der Waals surface area contributed by atoms with Crippen molar-refractivity contribution in [2.45, 2.75) is 45.3 Å². The van der Waals surface area contributed by atoms with E-state index in [9.17, 15) is 4.79 Å². The fourth-order valence-electron chi connectivity index (χ4n) is 3.39. The zero-order valence-electron chi connectivity index (χ0n) is 14.7. The number of piperidine rings is 1. The average Bonchev–Trinajstić information content (AvgIpc) is 2.58. The molecule has 2 heterocycles. The summed E-state index contributed by atoms with van der Waals surface area (Å²) < 4.78 is 11.3. The second kappa shape index (κ2) is 7.11. The molecule has 0 radical (unpaired) electrons. The van der Waals surface area contributed by atoms with Gasteiger partial charge in [0.25, 0.3) is 5.91 Å². The summed E-state index contributed by atoms with van der Waals surface area (Å²) >= 11 is 0. The highest BCUT2D eigenvalue weighted by molar-refractivity contribution is 5.94. The third-order valence-electron chi connectivity index (χ3n) is 5.17. The minimum absolute atomic E-state index is 0.0417. The van der Waals surface area contributed by atoms with Crippen molar-refractivity contribution in [2.75, 3.05) is 26.3 Å². The monoisotopic (exact) mass is 332 g/mol. The lowest BCUT2D eigenvalue weighted by atomic mass is 9.79. The molecule has 1 unspecified atom stereocenters. The zero-order valence-corrected chi connectivity index (χ0v) is 14.7. The van der Waals surface area contributed by atoms with Crippen LogP contribution in [0.4, 0.5) is 0 Å². The van der Waals surface area contributed by atoms with Crippen molar-refractivity contribution in [3.8, 4) is 5.75 Å². The summed E-state index contributed by atoms with van der Waals surface area (Å²) in [6, 6.07) is 7.65. The van der Waals surface area contributed by atoms with Crippen LogP contribution in [0.1, 0.15) is 43.5 Å². The van der Waals surface area contributed by atoms with Crippen molar-refractivity contribution < 1.29 is 14.3 Å². The number of hydrogen-bond acceptors (Lipinski definition) is 4. The predicted octanol–water partition coefficient (Wildman–Crippen LogP) is 2.44. The summed E-state index contributed by atoms with van der Waals surface area (Å²) in [6.45, 7) is 7.20. The fraction of sp³-hybridized carbons (Fsp3) is 0.632. The molecule has 5 nitrogen and oxygen atoms in total. The van der Waals surface area contributed by atoms with Crippen LogP contribution in [0.15, 0.2) is 24.3 Å². The van der Waals surface area contributed by atoms with Gasteiger partial charge in [0.2, 0.25) is 0 Å². The molecule has 0 saturated carbocycles. The number of carbonyl (C=O) groups is 1. The number of carbonyl (C=O) groups excluding carboxylic acids is 1. The second-order valence-electron chi connectivity index (χ2n) is 7.56. The van der Waals surface area contributed by atoms with Crippen LogP contribution in [0.3, 0.4) is 0 Å². The highest BCUT2D eigenvalue weighted by Gasteiger charge is 2.35. The highest BCUT2D eigenvalue weighted by Crippen LogP contribution is 2.29. The third kappa shape index (κ3) is 3.90. The number of amides is 1. The number of nitrogens with two attached hydrogens (primary N) is 1. The summed E-state index contributed by atoms with van der Waals surface area (Å²) in [7, 11) is 0. The number of likely N-dealkylation sites (tertiary alicyclic amines) is 1. The summed E-state index contributed by atoms with van der Waals surface area (Å²) in [4.78, 5) is 14.6. The van der Waals surface area contributed by atoms with Gasteiger partial charge in [-0.05, 0) is 36.1 Å². The van der Waals surface area contributed by atoms with Crippen molar-refractivity contribution in [3.63, 3.8) is 0 Å². The Hall–Kier alpha value is -1.59. The van der Waals surface area contributed by atoms with Gasteiger partial charge in [0.15, 0.2) is 0 Å². The van der Waals surface area contributed by atoms with E-state index in [1.807, 2.05) is 29.2 Å². The first-order valence-corrected chi connectivity index (χ1v) is 8.85. The van der Waals surface area contributed by atoms with Crippen molar-refractivity contribution in [1.82, 2.24) is 4.90 Å². The maximum atomic E-state index is 12.7. The van der Waals surface area contributed by atoms with Crippen molar-refractivity contribution in [1.29, 1.82) is 0 Å². The first kappa shape index (κ1) is 17.2. The number of ether oxygens (including phenoxy) is 2. The SMILES string of the molecule is CC1(C)CN(C(=O)c2ccc(OC3CCOCC3)cc2)CCC1N. The summed E-state index contributed by atoms with van der Waals surface area (Å²) in [6.07, 6.45) is 2.90. The molecule has 1 aromatic rings. The molecule has 0 aromatic heterocycles. The first-order chi connectivity index (χ1) is 11.5. The molecule has 2 fully saturated rings. The van der Waals surface area contributed by atoms with Crippen LogP contribution < -0.4 is 10.5 Å². The molecule has 24 heavy (non-hydrogen) atoms. The van der Waals surface area contributed by atoms with Gasteiger partial charge in [0, 0.05) is 37.5 Å². The molecule has 1 atom stereocenters. The molecule has 0 spiro atoms. The molecule has 2 aliphatic heterocycles. The number of nitrogens with zero attached hydrogens (tertiary/aromatic N) is 1. The Balaban J connectivity index is 1.61. The van der Waals surface area contributed by atoms with Crippen molar-refractivity contribution >= 4 is 5.91 Å². The molecule has 1 aromatic carbocycles. The van der Waals surface area contributed by atoms with Gasteiger partial charge in [-0.15, -0.1) is 0 Å². The van der Waals surface area contributed by atoms with Gasteiger partial charge < -0.3 is 20.1 Å². The van der Waals surface area contributed by atoms with Crippen LogP contribution in [-0.2, 0) is 4.74 Å². The largest absolute Gasteiger partial charge is 0.490 e. The predicted molar refractivity (Wildman–Crippen MR) is 93.2 cm³/mol. The Kier molecular flexibility index (Phi) is 5.11. The van der Waals surface area contributed by atoms with Gasteiger partial charge >= 0.3 is 0 Å². The smallest absolute Gasteiger partial charge is 0.253 e. The standard InChI is InChI=1S/C19H28N2O3/c1-19(2)13-21(10-7-17(19)20)18(22)14-3-5-15(6-4-14)24-16-8-11-23-12-9-16/h3-6,16-17H,7-13,20H2,1-2H3. The molecule has 3 rings (SSSR count). The Morgan fingerprint density at radius 1 is 1.21 bits per heavy atom. The summed E-state index contributed by atoms with van der Waals surface area (Å²) in [5.41, 5.74) is 6.83. The molecule has 0 aliphatic carbocycles. The maximum Gasteiger partial charge on any atom is 0.253 e. The Morgan fingerprint density at radius 2 is 1.88 bits per heavy atom. The summed E-state index contributed by atoms with van der Waals surface area (Å²) in [5.74, 6) is 0.895. The van der Waals surface area contributed by atoms with Crippen molar-refractivity contribution in [2.24, 2.45) is 11.1 Å². The minimum Gasteiger partial charge on any atom is -0.490 e. The van der Waals surface area contributed by atoms with E-state index in [1.165, 1.54) is 0 Å². The quantitative estimate of drug-likeness (QED) is 0.923. The maximum absolute atomic E-state index is 12.7. The number of hydrogen-bond donors (Lipinski definition) is 1. The Labute approximate surface area is 144 Å². The van der Waals surface area contributed by atoms with Gasteiger partial charge in [0.1, 0.15) is 11.9 Å². The molecule has 2 saturated heterocycles. The van der Waals surface area contributed by atoms with Crippen LogP contribution in [-0.4, -0.2) is 49.3 Å². The van der Waals surface area contributed by atoms with Crippen LogP contribution in [0.5, 0.6) is 5.75 Å². The Morgan fingerprint density at radius 3 is 2.50 bits per heavy atom. The molecular formula is C19H28N2O3. The van der Waals surface area contributed by atoms with Crippen LogP contribution >= 0.6 is 0 Å². The van der Waals surface area contributed by atoms with Crippen LogP contribution in [0.25, 0.3) is 0 Å². The molecule has 0 bridgehead atoms. The van der Waals surface area contributed by atoms with Gasteiger partial charge in [0.05, 0.1) is 13.2 Å². The lowest BCUT2D eigenvalue weighted by Crippen LogP contribution is -2.53. The van der Waals surface area contributed by atoms with Crippen LogP contribution in [0, 0.1) is 5.41 Å². The second-order valence-corrected chi connectivity index (χ2v) is 7.56. The van der Waals surface area contributed by atoms with E-state index < -0.39 is 0 Å². The number of benzene rings is 1. The lowest BCUT2D eigenvalue weighted by Gasteiger charge is -2.42. The van der Waals surface area contributed by atoms with E-state index in [0.717, 1.165) is 44.8 Å². The average molecular weight is 332 g/mol. The Bertz CT molecular complexity index is 564. The topological polar surface area (TPSA) is 64.8 Å². The van der Waals surface area contributed by atoms with Gasteiger partial charge in [-0.25, -0.2) is 0 Å². The molecule has 2 aliphatic rings. The molecule has 132 valence electrons. The molecule has 5 heteroatoms. The van der Waals surface area contributed by atoms with Gasteiger partial charge in [-0.2, -0.15) is 0 Å². The summed E-state index contributed by atoms with van der Waals surface area (Å²) in [5, 5.41) is 0. The molecular weight excluding hydrogens is 304 g/mol. The highest BCUT2D eigenvalue weighted by atomic mass is 16.5. The zero-order chi connectivity index (χ0) is 17.2. The first-order valence-electron chi connectivity index (χ1n) is 8.85. The molecule has 1 amide bonds. The lowest BCUT2D eigenvalue weighted by molar-refractivity contribution is 0.0255. The fourth-order valence-corrected chi connectivity index (χ4v) is 3.39. The van der Waals surface area contributed by atoms with Gasteiger partial charge in [-0.1, -0.05) is 13.8 Å². The van der Waals surface area contributed by atoms with E-state index in [1.54, 1.807) is 0 Å². The van der Waals surface area contributed by atoms with E-state index in [-0.39, 0.29) is 23.5 Å². The number of rotatable bonds is 3. The van der Waals surface area contributed by atoms with Crippen molar-refractivity contribution in [3.05, 3.63) is 29.8 Å². The van der Waals surface area contributed by atoms with E-state index >= 15 is 0 Å².